The molecule has 0 aromatic carbocycles. The van der Waals surface area contributed by atoms with Crippen molar-refractivity contribution in [3.63, 3.8) is 0 Å². The van der Waals surface area contributed by atoms with Crippen LogP contribution in [0.25, 0.3) is 0 Å². The molecule has 0 rings (SSSR count). The third kappa shape index (κ3) is 12.3. The first-order chi connectivity index (χ1) is 9.45. The highest BCUT2D eigenvalue weighted by Crippen LogP contribution is 2.08. The zero-order valence-corrected chi connectivity index (χ0v) is 14.5. The molecule has 0 spiro atoms. The Bertz CT molecular complexity index is 249. The highest BCUT2D eigenvalue weighted by Gasteiger charge is 2.05. The largest absolute Gasteiger partial charge is 0.357 e. The standard InChI is InChI=1S/C16H36N4/c1-7-17-16(18-12-9-13-20(5)6)19-15(4)11-8-10-14(2)3/h14-15H,7-13H2,1-6H3,(H2,17,18,19). The predicted molar refractivity (Wildman–Crippen MR) is 90.4 cm³/mol. The highest BCUT2D eigenvalue weighted by atomic mass is 15.2. The lowest BCUT2D eigenvalue weighted by Crippen LogP contribution is -2.42. The summed E-state index contributed by atoms with van der Waals surface area (Å²) in [7, 11) is 4.20. The molecule has 0 aromatic heterocycles. The summed E-state index contributed by atoms with van der Waals surface area (Å²) in [5.41, 5.74) is 0. The Labute approximate surface area is 126 Å². The molecular formula is C16H36N4. The quantitative estimate of drug-likeness (QED) is 0.368. The zero-order chi connectivity index (χ0) is 15.4. The lowest BCUT2D eigenvalue weighted by Gasteiger charge is -2.18. The van der Waals surface area contributed by atoms with Crippen LogP contribution in [0.5, 0.6) is 0 Å². The van der Waals surface area contributed by atoms with Gasteiger partial charge in [-0.25, -0.2) is 0 Å². The molecule has 1 atom stereocenters. The number of nitrogens with one attached hydrogen (secondary N) is 2. The molecule has 20 heavy (non-hydrogen) atoms. The molecule has 2 N–H and O–H groups in total. The van der Waals surface area contributed by atoms with E-state index in [0.29, 0.717) is 6.04 Å². The lowest BCUT2D eigenvalue weighted by molar-refractivity contribution is 0.403. The van der Waals surface area contributed by atoms with Crippen molar-refractivity contribution in [1.29, 1.82) is 0 Å². The summed E-state index contributed by atoms with van der Waals surface area (Å²) in [5, 5.41) is 6.83. The average molecular weight is 284 g/mol. The molecule has 0 saturated heterocycles. The third-order valence-electron chi connectivity index (χ3n) is 3.18. The molecule has 0 aliphatic rings. The molecule has 4 nitrogen and oxygen atoms in total. The van der Waals surface area contributed by atoms with Gasteiger partial charge in [0.1, 0.15) is 0 Å². The summed E-state index contributed by atoms with van der Waals surface area (Å²) < 4.78 is 0. The number of rotatable bonds is 10. The fourth-order valence-corrected chi connectivity index (χ4v) is 2.04. The summed E-state index contributed by atoms with van der Waals surface area (Å²) in [6.45, 7) is 11.8. The fraction of sp³-hybridized carbons (Fsp3) is 0.938. The first kappa shape index (κ1) is 19.2. The maximum absolute atomic E-state index is 4.64. The molecule has 0 aliphatic carbocycles. The van der Waals surface area contributed by atoms with Gasteiger partial charge in [0.05, 0.1) is 0 Å². The van der Waals surface area contributed by atoms with E-state index in [1.807, 2.05) is 0 Å². The van der Waals surface area contributed by atoms with Crippen LogP contribution in [0.2, 0.25) is 0 Å². The van der Waals surface area contributed by atoms with Crippen LogP contribution in [-0.4, -0.2) is 50.6 Å². The van der Waals surface area contributed by atoms with E-state index < -0.39 is 0 Å². The molecule has 0 radical (unpaired) electrons. The summed E-state index contributed by atoms with van der Waals surface area (Å²) in [6, 6.07) is 0.486. The van der Waals surface area contributed by atoms with E-state index in [1.165, 1.54) is 19.3 Å². The van der Waals surface area contributed by atoms with Crippen LogP contribution in [0.4, 0.5) is 0 Å². The lowest BCUT2D eigenvalue weighted by atomic mass is 10.0. The van der Waals surface area contributed by atoms with Crippen LogP contribution in [-0.2, 0) is 0 Å². The molecule has 0 aromatic rings. The number of nitrogens with zero attached hydrogens (tertiary/aromatic N) is 2. The predicted octanol–water partition coefficient (Wildman–Crippen LogP) is 2.71. The van der Waals surface area contributed by atoms with Crippen molar-refractivity contribution in [1.82, 2.24) is 15.5 Å². The molecule has 0 fully saturated rings. The molecule has 0 saturated carbocycles. The minimum absolute atomic E-state index is 0.486. The highest BCUT2D eigenvalue weighted by molar-refractivity contribution is 5.79. The van der Waals surface area contributed by atoms with Crippen LogP contribution in [0.3, 0.4) is 0 Å². The Kier molecular flexibility index (Phi) is 11.5. The van der Waals surface area contributed by atoms with Gasteiger partial charge in [-0.1, -0.05) is 26.7 Å². The first-order valence-corrected chi connectivity index (χ1v) is 8.15. The second kappa shape index (κ2) is 12.0. The Morgan fingerprint density at radius 2 is 1.80 bits per heavy atom. The van der Waals surface area contributed by atoms with Crippen molar-refractivity contribution in [3.8, 4) is 0 Å². The van der Waals surface area contributed by atoms with Gasteiger partial charge in [-0.05, 0) is 53.2 Å². The Balaban J connectivity index is 4.00. The maximum Gasteiger partial charge on any atom is 0.191 e. The monoisotopic (exact) mass is 284 g/mol. The topological polar surface area (TPSA) is 39.7 Å². The van der Waals surface area contributed by atoms with E-state index in [2.05, 4.69) is 62.3 Å². The van der Waals surface area contributed by atoms with Crippen molar-refractivity contribution in [2.45, 2.75) is 59.4 Å². The molecule has 4 heteroatoms. The van der Waals surface area contributed by atoms with E-state index in [9.17, 15) is 0 Å². The summed E-state index contributed by atoms with van der Waals surface area (Å²) in [6.07, 6.45) is 4.90. The SMILES string of the molecule is CCNC(=NCCCN(C)C)NC(C)CCCC(C)C. The summed E-state index contributed by atoms with van der Waals surface area (Å²) in [4.78, 5) is 6.84. The molecule has 0 bridgehead atoms. The number of hydrogen-bond donors (Lipinski definition) is 2. The van der Waals surface area contributed by atoms with Gasteiger partial charge in [-0.2, -0.15) is 0 Å². The second-order valence-electron chi connectivity index (χ2n) is 6.29. The van der Waals surface area contributed by atoms with Crippen molar-refractivity contribution >= 4 is 5.96 Å². The van der Waals surface area contributed by atoms with Gasteiger partial charge in [0, 0.05) is 19.1 Å². The third-order valence-corrected chi connectivity index (χ3v) is 3.18. The van der Waals surface area contributed by atoms with Crippen LogP contribution < -0.4 is 10.6 Å². The van der Waals surface area contributed by atoms with Gasteiger partial charge >= 0.3 is 0 Å². The zero-order valence-electron chi connectivity index (χ0n) is 14.5. The average Bonchev–Trinajstić information content (AvgIpc) is 2.34. The van der Waals surface area contributed by atoms with Crippen molar-refractivity contribution in [2.75, 3.05) is 33.7 Å². The normalized spacial score (nSPS) is 13.9. The molecule has 120 valence electrons. The van der Waals surface area contributed by atoms with Gasteiger partial charge in [0.2, 0.25) is 0 Å². The summed E-state index contributed by atoms with van der Waals surface area (Å²) in [5.74, 6) is 1.76. The Hall–Kier alpha value is -0.770. The van der Waals surface area contributed by atoms with E-state index in [1.54, 1.807) is 0 Å². The van der Waals surface area contributed by atoms with Crippen LogP contribution in [0.1, 0.15) is 53.4 Å². The number of hydrogen-bond acceptors (Lipinski definition) is 2. The van der Waals surface area contributed by atoms with Crippen LogP contribution in [0.15, 0.2) is 4.99 Å². The maximum atomic E-state index is 4.64. The van der Waals surface area contributed by atoms with E-state index >= 15 is 0 Å². The van der Waals surface area contributed by atoms with E-state index in [4.69, 9.17) is 0 Å². The number of guanidine groups is 1. The van der Waals surface area contributed by atoms with Gasteiger partial charge in [0.25, 0.3) is 0 Å². The van der Waals surface area contributed by atoms with Crippen LogP contribution in [0, 0.1) is 5.92 Å². The van der Waals surface area contributed by atoms with Gasteiger partial charge in [-0.3, -0.25) is 4.99 Å². The van der Waals surface area contributed by atoms with Crippen molar-refractivity contribution in [3.05, 3.63) is 0 Å². The molecule has 0 aliphatic heterocycles. The van der Waals surface area contributed by atoms with E-state index in [0.717, 1.165) is 37.9 Å². The first-order valence-electron chi connectivity index (χ1n) is 8.15. The van der Waals surface area contributed by atoms with Gasteiger partial charge < -0.3 is 15.5 Å². The molecule has 0 amide bonds. The van der Waals surface area contributed by atoms with Crippen molar-refractivity contribution < 1.29 is 0 Å². The summed E-state index contributed by atoms with van der Waals surface area (Å²) >= 11 is 0. The molecule has 0 heterocycles. The minimum atomic E-state index is 0.486. The van der Waals surface area contributed by atoms with Gasteiger partial charge in [-0.15, -0.1) is 0 Å². The smallest absolute Gasteiger partial charge is 0.191 e. The van der Waals surface area contributed by atoms with Crippen LogP contribution >= 0.6 is 0 Å². The minimum Gasteiger partial charge on any atom is -0.357 e. The van der Waals surface area contributed by atoms with E-state index in [-0.39, 0.29) is 0 Å². The Morgan fingerprint density at radius 3 is 2.35 bits per heavy atom. The molecule has 1 unspecified atom stereocenters. The Morgan fingerprint density at radius 1 is 1.10 bits per heavy atom. The number of aliphatic imine (C=N–C) groups is 1. The second-order valence-corrected chi connectivity index (χ2v) is 6.29. The molecular weight excluding hydrogens is 248 g/mol. The fourth-order valence-electron chi connectivity index (χ4n) is 2.04. The van der Waals surface area contributed by atoms with Gasteiger partial charge in [0.15, 0.2) is 5.96 Å². The van der Waals surface area contributed by atoms with Crippen molar-refractivity contribution in [2.24, 2.45) is 10.9 Å².